The molecule has 2 aliphatic heterocycles. The van der Waals surface area contributed by atoms with Crippen molar-refractivity contribution in [3.05, 3.63) is 23.5 Å². The number of halogens is 12. The fourth-order valence-electron chi connectivity index (χ4n) is 3.18. The summed E-state index contributed by atoms with van der Waals surface area (Å²) < 4.78 is 173. The molecule has 18 heteroatoms. The molecule has 0 unspecified atom stereocenters. The fraction of sp³-hybridized carbons (Fsp3) is 0.571. The maximum Gasteiger partial charge on any atom is 0.426 e. The molecule has 0 atom stereocenters. The van der Waals surface area contributed by atoms with Crippen LogP contribution in [0, 0.1) is 0 Å². The molecule has 0 fully saturated rings. The third kappa shape index (κ3) is 2.97. The number of nitrogens with zero attached hydrogens (tertiary/aromatic N) is 2. The van der Waals surface area contributed by atoms with Gasteiger partial charge in [0.05, 0.1) is 14.2 Å². The van der Waals surface area contributed by atoms with E-state index in [1.165, 1.54) is 0 Å². The van der Waals surface area contributed by atoms with Gasteiger partial charge in [-0.2, -0.15) is 52.7 Å². The predicted octanol–water partition coefficient (Wildman–Crippen LogP) is 3.37. The maximum atomic E-state index is 13.7. The molecule has 32 heavy (non-hydrogen) atoms. The number of ether oxygens (including phenoxy) is 2. The molecule has 0 aromatic carbocycles. The van der Waals surface area contributed by atoms with Crippen molar-refractivity contribution in [2.24, 2.45) is 0 Å². The van der Waals surface area contributed by atoms with Crippen LogP contribution in [0.3, 0.4) is 0 Å². The molecule has 0 aromatic heterocycles. The summed E-state index contributed by atoms with van der Waals surface area (Å²) in [7, 11) is 0.560. The number of hydrazine groups is 1. The molecule has 182 valence electrons. The van der Waals surface area contributed by atoms with Crippen LogP contribution in [0.4, 0.5) is 52.7 Å². The first kappa shape index (κ1) is 25.4. The van der Waals surface area contributed by atoms with Gasteiger partial charge in [-0.3, -0.25) is 0 Å². The molecule has 2 heterocycles. The average molecular weight is 496 g/mol. The zero-order valence-electron chi connectivity index (χ0n) is 15.2. The largest absolute Gasteiger partial charge is 0.464 e. The first-order valence-electron chi connectivity index (χ1n) is 7.65. The summed E-state index contributed by atoms with van der Waals surface area (Å²) in [6, 6.07) is 0. The Morgan fingerprint density at radius 1 is 0.625 bits per heavy atom. The monoisotopic (exact) mass is 496 g/mol. The molecule has 2 aliphatic rings. The number of methoxy groups -OCH3 is 2. The Labute approximate surface area is 168 Å². The summed E-state index contributed by atoms with van der Waals surface area (Å²) in [4.78, 5) is 23.6. The van der Waals surface area contributed by atoms with Crippen molar-refractivity contribution in [3.8, 4) is 0 Å². The van der Waals surface area contributed by atoms with Crippen LogP contribution in [-0.4, -0.2) is 72.0 Å². The summed E-state index contributed by atoms with van der Waals surface area (Å²) in [5, 5.41) is -3.29. The predicted molar refractivity (Wildman–Crippen MR) is 73.6 cm³/mol. The van der Waals surface area contributed by atoms with Gasteiger partial charge in [0.15, 0.2) is 0 Å². The molecule has 2 rings (SSSR count). The smallest absolute Gasteiger partial charge is 0.426 e. The zero-order valence-corrected chi connectivity index (χ0v) is 15.2. The molecule has 0 radical (unpaired) electrons. The van der Waals surface area contributed by atoms with Gasteiger partial charge in [0.2, 0.25) is 0 Å². The molecule has 0 saturated carbocycles. The van der Waals surface area contributed by atoms with Crippen LogP contribution in [0.25, 0.3) is 0 Å². The number of carbonyl (C=O) groups is 2. The van der Waals surface area contributed by atoms with Crippen molar-refractivity contribution in [2.75, 3.05) is 14.2 Å². The Kier molecular flexibility index (Phi) is 5.44. The topological polar surface area (TPSA) is 59.1 Å². The highest BCUT2D eigenvalue weighted by Crippen LogP contribution is 2.63. The van der Waals surface area contributed by atoms with Crippen LogP contribution in [0.2, 0.25) is 0 Å². The van der Waals surface area contributed by atoms with Crippen LogP contribution < -0.4 is 0 Å². The average Bonchev–Trinajstić information content (AvgIpc) is 3.13. The van der Waals surface area contributed by atoms with Crippen molar-refractivity contribution in [1.82, 2.24) is 10.0 Å². The highest BCUT2D eigenvalue weighted by atomic mass is 19.4. The quantitative estimate of drug-likeness (QED) is 0.432. The number of hydrogen-bond acceptors (Lipinski definition) is 6. The molecule has 0 aliphatic carbocycles. The first-order valence-corrected chi connectivity index (χ1v) is 7.65. The van der Waals surface area contributed by atoms with Crippen molar-refractivity contribution in [2.45, 2.75) is 35.8 Å². The van der Waals surface area contributed by atoms with E-state index in [1.807, 2.05) is 0 Å². The van der Waals surface area contributed by atoms with Crippen molar-refractivity contribution < 1.29 is 71.7 Å². The third-order valence-corrected chi connectivity index (χ3v) is 4.53. The Hall–Kier alpha value is -2.82. The van der Waals surface area contributed by atoms with E-state index in [1.54, 1.807) is 0 Å². The van der Waals surface area contributed by atoms with Crippen LogP contribution in [0.15, 0.2) is 23.5 Å². The van der Waals surface area contributed by atoms with Crippen molar-refractivity contribution in [3.63, 3.8) is 0 Å². The highest BCUT2D eigenvalue weighted by molar-refractivity contribution is 5.93. The molecule has 0 N–H and O–H groups in total. The minimum absolute atomic E-state index is 0.280. The summed E-state index contributed by atoms with van der Waals surface area (Å²) in [6.07, 6.45) is -29.3. The normalized spacial score (nSPS) is 20.6. The Balaban J connectivity index is 3.15. The number of rotatable bonds is 2. The van der Waals surface area contributed by atoms with Gasteiger partial charge in [0.25, 0.3) is 11.1 Å². The van der Waals surface area contributed by atoms with E-state index in [-0.39, 0.29) is 14.2 Å². The molecule has 0 amide bonds. The van der Waals surface area contributed by atoms with Crippen LogP contribution in [0.1, 0.15) is 0 Å². The first-order chi connectivity index (χ1) is 14.2. The molecule has 0 spiro atoms. The fourth-order valence-corrected chi connectivity index (χ4v) is 3.18. The molecule has 0 bridgehead atoms. The van der Waals surface area contributed by atoms with Crippen molar-refractivity contribution >= 4 is 11.9 Å². The molecular formula is C14H8F12N2O4. The van der Waals surface area contributed by atoms with Gasteiger partial charge in [-0.1, -0.05) is 0 Å². The van der Waals surface area contributed by atoms with Gasteiger partial charge in [-0.15, -0.1) is 0 Å². The number of hydrogen-bond donors (Lipinski definition) is 0. The second kappa shape index (κ2) is 6.84. The number of esters is 2. The highest BCUT2D eigenvalue weighted by Gasteiger charge is 2.86. The molecular weight excluding hydrogens is 488 g/mol. The lowest BCUT2D eigenvalue weighted by Gasteiger charge is -2.47. The van der Waals surface area contributed by atoms with Gasteiger partial charge in [-0.25, -0.2) is 19.6 Å². The number of alkyl halides is 12. The molecule has 0 aromatic rings. The van der Waals surface area contributed by atoms with Crippen LogP contribution in [0.5, 0.6) is 0 Å². The minimum Gasteiger partial charge on any atom is -0.464 e. The lowest BCUT2D eigenvalue weighted by molar-refractivity contribution is -0.370. The lowest BCUT2D eigenvalue weighted by Crippen LogP contribution is -2.71. The van der Waals surface area contributed by atoms with Gasteiger partial charge in [0, 0.05) is 0 Å². The standard InChI is InChI=1S/C14H8F12N2O4/c1-31-7(29)5-3-9(11(15,16)17,12(18,19)20)28-6(8(30)32-2)4-10(27(5)28,13(21,22)23)14(24,25)26/h3-4H,1-2H3. The summed E-state index contributed by atoms with van der Waals surface area (Å²) >= 11 is 0. The number of fused-ring (bicyclic) bond motifs is 1. The van der Waals surface area contributed by atoms with Gasteiger partial charge < -0.3 is 9.47 Å². The summed E-state index contributed by atoms with van der Waals surface area (Å²) in [5.41, 5.74) is -16.3. The van der Waals surface area contributed by atoms with E-state index in [4.69, 9.17) is 0 Å². The minimum atomic E-state index is -6.71. The second-order valence-corrected chi connectivity index (χ2v) is 6.19. The summed E-state index contributed by atoms with van der Waals surface area (Å²) in [5.74, 6) is -4.83. The Bertz CT molecular complexity index is 780. The Morgan fingerprint density at radius 2 is 0.844 bits per heavy atom. The Morgan fingerprint density at radius 3 is 1.00 bits per heavy atom. The van der Waals surface area contributed by atoms with E-state index in [2.05, 4.69) is 9.47 Å². The molecule has 6 nitrogen and oxygen atoms in total. The van der Waals surface area contributed by atoms with Gasteiger partial charge in [0.1, 0.15) is 11.4 Å². The van der Waals surface area contributed by atoms with E-state index >= 15 is 0 Å². The van der Waals surface area contributed by atoms with Gasteiger partial charge >= 0.3 is 36.6 Å². The van der Waals surface area contributed by atoms with E-state index in [0.29, 0.717) is 0 Å². The van der Waals surface area contributed by atoms with Crippen LogP contribution >= 0.6 is 0 Å². The number of carbonyl (C=O) groups excluding carboxylic acids is 2. The van der Waals surface area contributed by atoms with E-state index in [9.17, 15) is 62.3 Å². The third-order valence-electron chi connectivity index (χ3n) is 4.53. The maximum absolute atomic E-state index is 13.7. The van der Waals surface area contributed by atoms with Gasteiger partial charge in [-0.05, 0) is 12.2 Å². The summed E-state index contributed by atoms with van der Waals surface area (Å²) in [6.45, 7) is 0. The van der Waals surface area contributed by atoms with Crippen molar-refractivity contribution in [1.29, 1.82) is 0 Å². The van der Waals surface area contributed by atoms with E-state index in [0.717, 1.165) is 0 Å². The molecule has 0 saturated heterocycles. The van der Waals surface area contributed by atoms with E-state index < -0.39 is 81.3 Å². The van der Waals surface area contributed by atoms with Crippen LogP contribution in [-0.2, 0) is 19.1 Å². The second-order valence-electron chi connectivity index (χ2n) is 6.19. The zero-order chi connectivity index (χ0) is 25.3. The SMILES string of the molecule is COC(=O)C1=CC(C(F)(F)F)(C(F)(F)F)N2C(C(=O)OC)=CC(C(F)(F)F)(C(F)(F)F)N12. The lowest BCUT2D eigenvalue weighted by atomic mass is 9.93.